The highest BCUT2D eigenvalue weighted by molar-refractivity contribution is 5.72. The summed E-state index contributed by atoms with van der Waals surface area (Å²) < 4.78 is 96.8. The molecule has 0 saturated carbocycles. The van der Waals surface area contributed by atoms with Crippen molar-refractivity contribution in [3.63, 3.8) is 0 Å². The Morgan fingerprint density at radius 1 is 0.659 bits per heavy atom. The Hall–Kier alpha value is -4.04. The van der Waals surface area contributed by atoms with Gasteiger partial charge in [-0.2, -0.15) is 8.78 Å². The molecule has 0 amide bonds. The zero-order valence-electron chi connectivity index (χ0n) is 23.0. The van der Waals surface area contributed by atoms with Crippen LogP contribution in [0.15, 0.2) is 18.2 Å². The van der Waals surface area contributed by atoms with E-state index >= 15 is 0 Å². The number of halogens is 5. The molecular formula is C25H28F5N3O11. The molecule has 0 aliphatic heterocycles. The van der Waals surface area contributed by atoms with Crippen LogP contribution < -0.4 is 10.1 Å². The molecule has 14 nitrogen and oxygen atoms in total. The number of non-ortho nitro benzene ring substituents is 1. The lowest BCUT2D eigenvalue weighted by atomic mass is 10.2. The first kappa shape index (κ1) is 36.2. The molecule has 0 spiro atoms. The molecule has 0 fully saturated rings. The number of benzene rings is 2. The van der Waals surface area contributed by atoms with E-state index in [1.165, 1.54) is 6.07 Å². The van der Waals surface area contributed by atoms with Crippen molar-refractivity contribution < 1.29 is 65.0 Å². The van der Waals surface area contributed by atoms with Crippen LogP contribution in [0.2, 0.25) is 0 Å². The summed E-state index contributed by atoms with van der Waals surface area (Å²) in [5.74, 6) is -14.3. The quantitative estimate of drug-likeness (QED) is 0.0290. The smallest absolute Gasteiger partial charge is 0.313 e. The van der Waals surface area contributed by atoms with Crippen molar-refractivity contribution in [1.29, 1.82) is 0 Å². The van der Waals surface area contributed by atoms with Gasteiger partial charge in [-0.05, 0) is 6.07 Å². The Labute approximate surface area is 246 Å². The third-order valence-electron chi connectivity index (χ3n) is 5.27. The number of nitrogens with zero attached hydrogens (tertiary/aromatic N) is 2. The highest BCUT2D eigenvalue weighted by Crippen LogP contribution is 2.30. The lowest BCUT2D eigenvalue weighted by Crippen LogP contribution is -2.16. The molecule has 244 valence electrons. The number of hydrogen-bond donors (Lipinski definition) is 1. The Morgan fingerprint density at radius 3 is 1.59 bits per heavy atom. The number of rotatable bonds is 22. The highest BCUT2D eigenvalue weighted by Gasteiger charge is 2.28. The minimum absolute atomic E-state index is 0.0409. The molecule has 2 aromatic rings. The third kappa shape index (κ3) is 11.9. The summed E-state index contributed by atoms with van der Waals surface area (Å²) >= 11 is 0. The first-order valence-electron chi connectivity index (χ1n) is 12.8. The molecule has 44 heavy (non-hydrogen) atoms. The van der Waals surface area contributed by atoms with Gasteiger partial charge in [0.15, 0.2) is 0 Å². The van der Waals surface area contributed by atoms with Gasteiger partial charge in [-0.3, -0.25) is 25.0 Å². The van der Waals surface area contributed by atoms with Gasteiger partial charge in [-0.1, -0.05) is 0 Å². The van der Waals surface area contributed by atoms with Gasteiger partial charge in [0, 0.05) is 12.6 Å². The summed E-state index contributed by atoms with van der Waals surface area (Å²) in [4.78, 5) is 32.0. The van der Waals surface area contributed by atoms with E-state index in [0.29, 0.717) is 0 Å². The summed E-state index contributed by atoms with van der Waals surface area (Å²) in [5, 5.41) is 24.7. The molecule has 0 unspecified atom stereocenters. The minimum atomic E-state index is -2.37. The maximum absolute atomic E-state index is 13.5. The lowest BCUT2D eigenvalue weighted by Gasteiger charge is -2.09. The number of hydrogen-bond acceptors (Lipinski definition) is 12. The van der Waals surface area contributed by atoms with Gasteiger partial charge in [0.2, 0.25) is 34.8 Å². The SMILES string of the molecule is O=C(CCOCCOCCOCCOCCOCCNc1ccc([N+](=O)[O-])cc1[N+](=O)[O-])Oc1c(F)c(F)c(F)c(F)c1F. The third-order valence-corrected chi connectivity index (χ3v) is 5.27. The Morgan fingerprint density at radius 2 is 1.11 bits per heavy atom. The molecule has 0 aromatic heterocycles. The molecule has 0 aliphatic rings. The summed E-state index contributed by atoms with van der Waals surface area (Å²) in [6, 6.07) is 3.29. The van der Waals surface area contributed by atoms with Crippen LogP contribution in [-0.2, 0) is 28.5 Å². The zero-order valence-corrected chi connectivity index (χ0v) is 23.0. The number of esters is 1. The predicted molar refractivity (Wildman–Crippen MR) is 139 cm³/mol. The maximum Gasteiger partial charge on any atom is 0.313 e. The van der Waals surface area contributed by atoms with Crippen LogP contribution in [0.3, 0.4) is 0 Å². The number of anilines is 1. The van der Waals surface area contributed by atoms with E-state index in [1.54, 1.807) is 0 Å². The molecule has 0 atom stereocenters. The summed E-state index contributed by atoms with van der Waals surface area (Å²) in [7, 11) is 0. The van der Waals surface area contributed by atoms with Gasteiger partial charge in [-0.15, -0.1) is 0 Å². The Bertz CT molecular complexity index is 1240. The van der Waals surface area contributed by atoms with E-state index < -0.39 is 62.8 Å². The standard InChI is InChI=1S/C25H28F5N3O11/c26-20-21(27)23(29)25(24(30)22(20)28)44-19(34)3-5-39-7-9-41-11-13-43-14-12-42-10-8-40-6-4-31-17-2-1-16(32(35)36)15-18(17)33(37)38/h1-2,15,31H,3-14H2. The molecule has 0 bridgehead atoms. The number of nitrogens with one attached hydrogen (secondary N) is 1. The van der Waals surface area contributed by atoms with Crippen LogP contribution in [0.1, 0.15) is 6.42 Å². The van der Waals surface area contributed by atoms with Gasteiger partial charge in [0.05, 0.1) is 88.4 Å². The van der Waals surface area contributed by atoms with E-state index in [2.05, 4.69) is 10.1 Å². The average molecular weight is 641 g/mol. The van der Waals surface area contributed by atoms with Crippen LogP contribution in [0.5, 0.6) is 5.75 Å². The fourth-order valence-electron chi connectivity index (χ4n) is 3.17. The van der Waals surface area contributed by atoms with Crippen molar-refractivity contribution >= 4 is 23.0 Å². The van der Waals surface area contributed by atoms with E-state index in [4.69, 9.17) is 23.7 Å². The van der Waals surface area contributed by atoms with Gasteiger partial charge in [0.25, 0.3) is 11.4 Å². The van der Waals surface area contributed by atoms with E-state index in [1.807, 2.05) is 0 Å². The summed E-state index contributed by atoms with van der Waals surface area (Å²) in [5.41, 5.74) is -0.671. The van der Waals surface area contributed by atoms with Gasteiger partial charge in [0.1, 0.15) is 5.69 Å². The molecule has 1 N–H and O–H groups in total. The molecule has 0 heterocycles. The van der Waals surface area contributed by atoms with Crippen molar-refractivity contribution in [2.75, 3.05) is 77.9 Å². The number of nitro groups is 2. The monoisotopic (exact) mass is 641 g/mol. The summed E-state index contributed by atoms with van der Waals surface area (Å²) in [6.45, 7) is 1.87. The van der Waals surface area contributed by atoms with Gasteiger partial charge in [-0.25, -0.2) is 13.2 Å². The molecule has 19 heteroatoms. The van der Waals surface area contributed by atoms with Crippen molar-refractivity contribution in [1.82, 2.24) is 0 Å². The molecule has 2 rings (SSSR count). The van der Waals surface area contributed by atoms with Gasteiger partial charge < -0.3 is 33.7 Å². The molecule has 0 radical (unpaired) electrons. The molecule has 0 saturated heterocycles. The second-order valence-electron chi connectivity index (χ2n) is 8.33. The average Bonchev–Trinajstić information content (AvgIpc) is 3.00. The fourth-order valence-corrected chi connectivity index (χ4v) is 3.17. The second kappa shape index (κ2) is 19.3. The van der Waals surface area contributed by atoms with Crippen LogP contribution >= 0.6 is 0 Å². The molecule has 0 aliphatic carbocycles. The van der Waals surface area contributed by atoms with Gasteiger partial charge >= 0.3 is 5.97 Å². The van der Waals surface area contributed by atoms with E-state index in [0.717, 1.165) is 12.1 Å². The van der Waals surface area contributed by atoms with Crippen molar-refractivity contribution in [2.24, 2.45) is 0 Å². The summed E-state index contributed by atoms with van der Waals surface area (Å²) in [6.07, 6.45) is -0.516. The second-order valence-corrected chi connectivity index (χ2v) is 8.33. The Kier molecular flexibility index (Phi) is 15.8. The number of ether oxygens (including phenoxy) is 6. The molecular weight excluding hydrogens is 613 g/mol. The van der Waals surface area contributed by atoms with Crippen molar-refractivity contribution in [3.8, 4) is 5.75 Å². The number of nitro benzene ring substituents is 2. The lowest BCUT2D eigenvalue weighted by molar-refractivity contribution is -0.393. The maximum atomic E-state index is 13.5. The Balaban J connectivity index is 1.40. The van der Waals surface area contributed by atoms with Crippen LogP contribution in [0.25, 0.3) is 0 Å². The van der Waals surface area contributed by atoms with E-state index in [9.17, 15) is 47.0 Å². The van der Waals surface area contributed by atoms with Crippen molar-refractivity contribution in [2.45, 2.75) is 6.42 Å². The minimum Gasteiger partial charge on any atom is -0.420 e. The van der Waals surface area contributed by atoms with Crippen LogP contribution in [0.4, 0.5) is 39.0 Å². The molecule has 2 aromatic carbocycles. The predicted octanol–water partition coefficient (Wildman–Crippen LogP) is 3.69. The fraction of sp³-hybridized carbons (Fsp3) is 0.480. The van der Waals surface area contributed by atoms with Crippen LogP contribution in [-0.4, -0.2) is 88.4 Å². The topological polar surface area (TPSA) is 171 Å². The zero-order chi connectivity index (χ0) is 32.5. The largest absolute Gasteiger partial charge is 0.420 e. The van der Waals surface area contributed by atoms with Crippen LogP contribution in [0, 0.1) is 49.3 Å². The van der Waals surface area contributed by atoms with E-state index in [-0.39, 0.29) is 84.0 Å². The number of carbonyl (C=O) groups is 1. The first-order valence-corrected chi connectivity index (χ1v) is 12.8. The normalized spacial score (nSPS) is 11.0. The number of carbonyl (C=O) groups excluding carboxylic acids is 1. The van der Waals surface area contributed by atoms with Crippen molar-refractivity contribution in [3.05, 3.63) is 67.5 Å². The first-order chi connectivity index (χ1) is 21.0. The highest BCUT2D eigenvalue weighted by atomic mass is 19.2.